The van der Waals surface area contributed by atoms with E-state index in [1.807, 2.05) is 24.3 Å². The molecule has 0 unspecified atom stereocenters. The molecule has 13 nitrogen and oxygen atoms in total. The third-order valence-electron chi connectivity index (χ3n) is 11.8. The van der Waals surface area contributed by atoms with Crippen molar-refractivity contribution in [2.24, 2.45) is 5.92 Å². The van der Waals surface area contributed by atoms with Crippen molar-refractivity contribution >= 4 is 44.7 Å². The van der Waals surface area contributed by atoms with E-state index in [1.54, 1.807) is 58.1 Å². The molecule has 5 aliphatic rings. The second-order valence-electron chi connectivity index (χ2n) is 17.1. The van der Waals surface area contributed by atoms with Crippen LogP contribution in [0.15, 0.2) is 72.8 Å². The monoisotopic (exact) mass is 799 g/mol. The van der Waals surface area contributed by atoms with Gasteiger partial charge in [0.1, 0.15) is 46.1 Å². The van der Waals surface area contributed by atoms with Gasteiger partial charge in [-0.25, -0.2) is 22.6 Å². The van der Waals surface area contributed by atoms with Crippen LogP contribution in [0.3, 0.4) is 0 Å². The van der Waals surface area contributed by atoms with Crippen molar-refractivity contribution < 1.29 is 41.5 Å². The van der Waals surface area contributed by atoms with Gasteiger partial charge in [-0.3, -0.25) is 19.1 Å². The molecule has 1 spiro atoms. The van der Waals surface area contributed by atoms with Gasteiger partial charge in [0.15, 0.2) is 0 Å². The summed E-state index contributed by atoms with van der Waals surface area (Å²) >= 11 is 0. The molecule has 8 rings (SSSR count). The van der Waals surface area contributed by atoms with Gasteiger partial charge >= 0.3 is 6.09 Å². The average molecular weight is 800 g/mol. The smallest absolute Gasteiger partial charge is 0.408 e. The normalized spacial score (nSPS) is 28.3. The van der Waals surface area contributed by atoms with E-state index in [9.17, 15) is 32.0 Å². The zero-order valence-corrected chi connectivity index (χ0v) is 33.1. The Bertz CT molecular complexity index is 2370. The molecule has 3 aliphatic heterocycles. The van der Waals surface area contributed by atoms with Crippen LogP contribution < -0.4 is 20.1 Å². The van der Waals surface area contributed by atoms with Gasteiger partial charge < -0.3 is 25.0 Å². The van der Waals surface area contributed by atoms with E-state index < -0.39 is 79.1 Å². The molecule has 3 aromatic rings. The standard InChI is InChI=1S/C42H46FN5O8S/c1-39(2,3)56-38(52)45-31-15-7-5-11-26-16-19-42(26,37(51)47-57(53,54)40(4)20-21-40)46-35(49)32-23-41(24-48(32)36(31)50)18-17-29-28-13-6-8-14-30(28)44-33(34(29)55-41)25-10-9-12-27(43)22-25/h5-6,8-14,16,19,22,26,31-32H,7,15,17-18,20-21,23-24H2,1-4H3,(H,45,52)(H,46,49)(H,47,51)/b11-5-/t26-,31+,32+,41-,42-/m1/s1. The Morgan fingerprint density at radius 2 is 1.84 bits per heavy atom. The summed E-state index contributed by atoms with van der Waals surface area (Å²) in [5.74, 6) is -2.87. The summed E-state index contributed by atoms with van der Waals surface area (Å²) in [6.45, 7) is 6.63. The minimum atomic E-state index is -4.06. The molecule has 300 valence electrons. The Hall–Kier alpha value is -5.31. The van der Waals surface area contributed by atoms with Crippen LogP contribution >= 0.6 is 0 Å². The number of benzene rings is 2. The first kappa shape index (κ1) is 38.6. The highest BCUT2D eigenvalue weighted by Crippen LogP contribution is 2.48. The molecular formula is C42H46FN5O8S. The highest BCUT2D eigenvalue weighted by molar-refractivity contribution is 7.91. The highest BCUT2D eigenvalue weighted by Gasteiger charge is 2.58. The third kappa shape index (κ3) is 7.04. The fraction of sp³-hybridized carbons (Fsp3) is 0.452. The Labute approximate surface area is 330 Å². The van der Waals surface area contributed by atoms with Crippen LogP contribution in [0.5, 0.6) is 5.75 Å². The number of fused-ring (bicyclic) bond motifs is 5. The van der Waals surface area contributed by atoms with Crippen LogP contribution in [0, 0.1) is 11.7 Å². The van der Waals surface area contributed by atoms with E-state index in [4.69, 9.17) is 14.5 Å². The summed E-state index contributed by atoms with van der Waals surface area (Å²) in [5.41, 5.74) is -1.26. The molecule has 1 saturated heterocycles. The Morgan fingerprint density at radius 1 is 1.07 bits per heavy atom. The SMILES string of the molecule is CC(C)(C)OC(=O)N[C@H]1CC/C=C\[C@@H]2C=C[C@@]2(C(=O)NS(=O)(=O)C2(C)CC2)NC(=O)[C@@H]2C[C@]3(CCc4c(c(-c5cccc(F)c5)nc5ccccc45)O3)CN2C1=O. The molecule has 0 radical (unpaired) electrons. The van der Waals surface area contributed by atoms with E-state index in [2.05, 4.69) is 15.4 Å². The van der Waals surface area contributed by atoms with Crippen molar-refractivity contribution in [3.8, 4) is 17.0 Å². The molecule has 4 amide bonds. The number of ether oxygens (including phenoxy) is 2. The number of rotatable bonds is 5. The van der Waals surface area contributed by atoms with Crippen LogP contribution in [0.1, 0.15) is 71.8 Å². The highest BCUT2D eigenvalue weighted by atomic mass is 32.2. The van der Waals surface area contributed by atoms with Gasteiger partial charge in [0.25, 0.3) is 5.91 Å². The van der Waals surface area contributed by atoms with Crippen molar-refractivity contribution in [1.82, 2.24) is 25.2 Å². The Kier molecular flexibility index (Phi) is 9.25. The third-order valence-corrected chi connectivity index (χ3v) is 13.9. The first-order valence-electron chi connectivity index (χ1n) is 19.3. The topological polar surface area (TPSA) is 173 Å². The second-order valence-corrected chi connectivity index (χ2v) is 19.3. The molecule has 2 aromatic carbocycles. The van der Waals surface area contributed by atoms with Crippen molar-refractivity contribution in [3.05, 3.63) is 84.2 Å². The Balaban J connectivity index is 1.18. The maximum absolute atomic E-state index is 14.7. The lowest BCUT2D eigenvalue weighted by Gasteiger charge is -2.42. The maximum Gasteiger partial charge on any atom is 0.408 e. The number of hydrogen-bond acceptors (Lipinski definition) is 9. The number of aryl methyl sites for hydroxylation is 1. The molecule has 57 heavy (non-hydrogen) atoms. The molecule has 1 saturated carbocycles. The Morgan fingerprint density at radius 3 is 2.54 bits per heavy atom. The molecule has 3 N–H and O–H groups in total. The predicted octanol–water partition coefficient (Wildman–Crippen LogP) is 4.99. The number of alkyl carbamates (subject to hydrolysis) is 1. The summed E-state index contributed by atoms with van der Waals surface area (Å²) in [5, 5.41) is 6.45. The zero-order chi connectivity index (χ0) is 40.5. The quantitative estimate of drug-likeness (QED) is 0.301. The van der Waals surface area contributed by atoms with Crippen molar-refractivity contribution in [3.63, 3.8) is 0 Å². The number of amides is 4. The number of pyridine rings is 1. The molecule has 2 fully saturated rings. The van der Waals surface area contributed by atoms with Gasteiger partial charge in [-0.05, 0) is 84.4 Å². The first-order valence-corrected chi connectivity index (χ1v) is 20.8. The summed E-state index contributed by atoms with van der Waals surface area (Å²) < 4.78 is 54.8. The van der Waals surface area contributed by atoms with Gasteiger partial charge in [0, 0.05) is 28.9 Å². The minimum Gasteiger partial charge on any atom is -0.483 e. The van der Waals surface area contributed by atoms with Crippen LogP contribution in [0.25, 0.3) is 22.2 Å². The van der Waals surface area contributed by atoms with Crippen molar-refractivity contribution in [2.75, 3.05) is 6.54 Å². The summed E-state index contributed by atoms with van der Waals surface area (Å²) in [4.78, 5) is 62.8. The minimum absolute atomic E-state index is 0.00310. The number of halogens is 1. The number of hydrogen-bond donors (Lipinski definition) is 3. The maximum atomic E-state index is 14.7. The van der Waals surface area contributed by atoms with Crippen LogP contribution in [0.4, 0.5) is 9.18 Å². The van der Waals surface area contributed by atoms with Crippen molar-refractivity contribution in [1.29, 1.82) is 0 Å². The summed E-state index contributed by atoms with van der Waals surface area (Å²) in [6, 6.07) is 11.4. The van der Waals surface area contributed by atoms with E-state index in [0.717, 1.165) is 10.9 Å². The van der Waals surface area contributed by atoms with Gasteiger partial charge in [0.05, 0.1) is 16.8 Å². The fourth-order valence-corrected chi connectivity index (χ4v) is 9.54. The predicted molar refractivity (Wildman–Crippen MR) is 209 cm³/mol. The molecular weight excluding hydrogens is 754 g/mol. The molecule has 2 aliphatic carbocycles. The lowest BCUT2D eigenvalue weighted by Crippen LogP contribution is -2.68. The molecule has 4 heterocycles. The van der Waals surface area contributed by atoms with E-state index >= 15 is 0 Å². The lowest BCUT2D eigenvalue weighted by atomic mass is 9.73. The van der Waals surface area contributed by atoms with E-state index in [1.165, 1.54) is 23.1 Å². The van der Waals surface area contributed by atoms with E-state index in [-0.39, 0.29) is 19.4 Å². The largest absolute Gasteiger partial charge is 0.483 e. The van der Waals surface area contributed by atoms with Crippen molar-refractivity contribution in [2.45, 2.75) is 106 Å². The average Bonchev–Trinajstić information content (AvgIpc) is 3.81. The number of nitrogens with one attached hydrogen (secondary N) is 3. The van der Waals surface area contributed by atoms with E-state index in [0.29, 0.717) is 54.6 Å². The zero-order valence-electron chi connectivity index (χ0n) is 32.3. The molecule has 1 aromatic heterocycles. The molecule has 5 atom stereocenters. The molecule has 15 heteroatoms. The van der Waals surface area contributed by atoms with Crippen LogP contribution in [-0.4, -0.2) is 82.2 Å². The van der Waals surface area contributed by atoms with Crippen LogP contribution in [-0.2, 0) is 35.6 Å². The number of aromatic nitrogens is 1. The number of nitrogens with zero attached hydrogens (tertiary/aromatic N) is 2. The van der Waals surface area contributed by atoms with Crippen LogP contribution in [0.2, 0.25) is 0 Å². The number of allylic oxidation sites excluding steroid dienone is 1. The number of para-hydroxylation sites is 1. The second kappa shape index (κ2) is 13.7. The fourth-order valence-electron chi connectivity index (χ4n) is 8.24. The lowest BCUT2D eigenvalue weighted by molar-refractivity contribution is -0.142. The van der Waals surface area contributed by atoms with Gasteiger partial charge in [-0.15, -0.1) is 0 Å². The number of carbonyl (C=O) groups is 4. The first-order chi connectivity index (χ1) is 26.9. The summed E-state index contributed by atoms with van der Waals surface area (Å²) in [7, 11) is -4.06. The number of sulfonamides is 1. The number of carbonyl (C=O) groups excluding carboxylic acids is 4. The van der Waals surface area contributed by atoms with Gasteiger partial charge in [-0.2, -0.15) is 0 Å². The summed E-state index contributed by atoms with van der Waals surface area (Å²) in [6.07, 6.45) is 7.93. The molecule has 0 bridgehead atoms. The van der Waals surface area contributed by atoms with Gasteiger partial charge in [0.2, 0.25) is 21.8 Å². The van der Waals surface area contributed by atoms with Gasteiger partial charge in [-0.1, -0.05) is 54.6 Å².